The van der Waals surface area contributed by atoms with Crippen LogP contribution < -0.4 is 10.6 Å². The standard InChI is InChI=1S/C35H41ClN2O2/c1-23(2)25-15-17-27-26(22-25)16-18-31-34(27,3)19-10-20-35(31,4)33(40)38-30(21-24-11-6-5-7-12-24)32(39)37-29-14-9-8-13-28(29)36/h5-9,11-15,17,22-23,30-31H,10,16,18-21H2,1-4H3,(H,37,39)(H,38,40)/t30-,31-,34-,35-/m1/s1. The number of carbonyl (C=O) groups excluding carboxylic acids is 2. The van der Waals surface area contributed by atoms with Gasteiger partial charge < -0.3 is 10.6 Å². The largest absolute Gasteiger partial charge is 0.343 e. The van der Waals surface area contributed by atoms with Crippen LogP contribution in [0.4, 0.5) is 5.69 Å². The highest BCUT2D eigenvalue weighted by atomic mass is 35.5. The fourth-order valence-corrected chi connectivity index (χ4v) is 7.49. The zero-order valence-electron chi connectivity index (χ0n) is 24.1. The zero-order valence-corrected chi connectivity index (χ0v) is 24.9. The number of amides is 2. The zero-order chi connectivity index (χ0) is 28.5. The SMILES string of the molecule is CC(C)c1ccc2c(c1)CC[C@H]1[C@](C)(C(=O)N[C@H](Cc3ccccc3)C(=O)Nc3ccccc3Cl)CCC[C@]21C. The molecule has 5 rings (SSSR count). The topological polar surface area (TPSA) is 58.2 Å². The molecule has 0 unspecified atom stereocenters. The smallest absolute Gasteiger partial charge is 0.247 e. The summed E-state index contributed by atoms with van der Waals surface area (Å²) < 4.78 is 0. The third-order valence-corrected chi connectivity index (χ3v) is 9.93. The normalized spacial score (nSPS) is 24.5. The van der Waals surface area contributed by atoms with Crippen LogP contribution in [-0.2, 0) is 27.8 Å². The van der Waals surface area contributed by atoms with Gasteiger partial charge in [-0.15, -0.1) is 0 Å². The molecule has 3 aromatic rings. The van der Waals surface area contributed by atoms with Crippen LogP contribution in [0.3, 0.4) is 0 Å². The van der Waals surface area contributed by atoms with Gasteiger partial charge in [-0.25, -0.2) is 0 Å². The van der Waals surface area contributed by atoms with Gasteiger partial charge in [0.1, 0.15) is 6.04 Å². The van der Waals surface area contributed by atoms with Crippen LogP contribution in [0.5, 0.6) is 0 Å². The van der Waals surface area contributed by atoms with Crippen LogP contribution in [0.25, 0.3) is 0 Å². The summed E-state index contributed by atoms with van der Waals surface area (Å²) in [6.07, 6.45) is 5.25. The van der Waals surface area contributed by atoms with E-state index in [0.29, 0.717) is 23.0 Å². The second kappa shape index (κ2) is 11.4. The second-order valence-corrected chi connectivity index (χ2v) is 12.9. The molecule has 5 heteroatoms. The second-order valence-electron chi connectivity index (χ2n) is 12.5. The van der Waals surface area contributed by atoms with E-state index in [1.54, 1.807) is 12.1 Å². The molecule has 3 aromatic carbocycles. The molecule has 1 fully saturated rings. The number of benzene rings is 3. The van der Waals surface area contributed by atoms with E-state index in [9.17, 15) is 9.59 Å². The van der Waals surface area contributed by atoms with Crippen LogP contribution in [0.1, 0.15) is 81.5 Å². The first-order valence-corrected chi connectivity index (χ1v) is 15.0. The van der Waals surface area contributed by atoms with Crippen molar-refractivity contribution in [2.45, 2.75) is 83.6 Å². The Morgan fingerprint density at radius 1 is 0.975 bits per heavy atom. The number of hydrogen-bond donors (Lipinski definition) is 2. The fraction of sp³-hybridized carbons (Fsp3) is 0.429. The number of halogens is 1. The molecule has 2 aliphatic rings. The molecule has 2 N–H and O–H groups in total. The Hall–Kier alpha value is -3.11. The van der Waals surface area contributed by atoms with E-state index in [1.807, 2.05) is 42.5 Å². The Bertz CT molecular complexity index is 1390. The van der Waals surface area contributed by atoms with Gasteiger partial charge in [0.25, 0.3) is 0 Å². The highest BCUT2D eigenvalue weighted by molar-refractivity contribution is 6.33. The van der Waals surface area contributed by atoms with Crippen molar-refractivity contribution < 1.29 is 9.59 Å². The van der Waals surface area contributed by atoms with E-state index >= 15 is 0 Å². The van der Waals surface area contributed by atoms with Gasteiger partial charge in [0.15, 0.2) is 0 Å². The summed E-state index contributed by atoms with van der Waals surface area (Å²) >= 11 is 6.34. The lowest BCUT2D eigenvalue weighted by molar-refractivity contribution is -0.141. The maximum atomic E-state index is 14.3. The number of nitrogens with one attached hydrogen (secondary N) is 2. The lowest BCUT2D eigenvalue weighted by atomic mass is 9.49. The molecule has 0 aliphatic heterocycles. The molecular weight excluding hydrogens is 516 g/mol. The van der Waals surface area contributed by atoms with Crippen molar-refractivity contribution >= 4 is 29.1 Å². The fourth-order valence-electron chi connectivity index (χ4n) is 7.31. The first-order valence-electron chi connectivity index (χ1n) is 14.7. The van der Waals surface area contributed by atoms with Crippen molar-refractivity contribution in [2.75, 3.05) is 5.32 Å². The van der Waals surface area contributed by atoms with Gasteiger partial charge in [-0.1, -0.05) is 106 Å². The number of fused-ring (bicyclic) bond motifs is 3. The Balaban J connectivity index is 1.42. The highest BCUT2D eigenvalue weighted by Gasteiger charge is 2.55. The number of rotatable bonds is 7. The minimum Gasteiger partial charge on any atom is -0.343 e. The molecule has 0 saturated heterocycles. The summed E-state index contributed by atoms with van der Waals surface area (Å²) in [7, 11) is 0. The molecular formula is C35H41ClN2O2. The van der Waals surface area contributed by atoms with Gasteiger partial charge in [0, 0.05) is 6.42 Å². The van der Waals surface area contributed by atoms with Crippen LogP contribution in [0.15, 0.2) is 72.8 Å². The van der Waals surface area contributed by atoms with Gasteiger partial charge >= 0.3 is 0 Å². The molecule has 2 amide bonds. The number of para-hydroxylation sites is 1. The molecule has 1 saturated carbocycles. The summed E-state index contributed by atoms with van der Waals surface area (Å²) in [4.78, 5) is 27.9. The molecule has 0 aromatic heterocycles. The van der Waals surface area contributed by atoms with E-state index in [4.69, 9.17) is 11.6 Å². The van der Waals surface area contributed by atoms with Crippen LogP contribution >= 0.6 is 11.6 Å². The maximum absolute atomic E-state index is 14.3. The average Bonchev–Trinajstić information content (AvgIpc) is 2.94. The predicted octanol–water partition coefficient (Wildman–Crippen LogP) is 7.84. The van der Waals surface area contributed by atoms with Crippen molar-refractivity contribution in [3.05, 3.63) is 100 Å². The van der Waals surface area contributed by atoms with Gasteiger partial charge in [-0.3, -0.25) is 9.59 Å². The minimum atomic E-state index is -0.722. The highest BCUT2D eigenvalue weighted by Crippen LogP contribution is 2.57. The first-order chi connectivity index (χ1) is 19.1. The summed E-state index contributed by atoms with van der Waals surface area (Å²) in [6.45, 7) is 8.97. The third-order valence-electron chi connectivity index (χ3n) is 9.60. The molecule has 40 heavy (non-hydrogen) atoms. The van der Waals surface area contributed by atoms with Crippen molar-refractivity contribution in [1.82, 2.24) is 5.32 Å². The Morgan fingerprint density at radius 2 is 1.70 bits per heavy atom. The Labute approximate surface area is 243 Å². The van der Waals surface area contributed by atoms with E-state index in [-0.39, 0.29) is 23.1 Å². The molecule has 2 aliphatic carbocycles. The Kier molecular flexibility index (Phi) is 8.10. The lowest BCUT2D eigenvalue weighted by Gasteiger charge is -2.54. The summed E-state index contributed by atoms with van der Waals surface area (Å²) in [5.74, 6) is 0.412. The molecule has 4 nitrogen and oxygen atoms in total. The van der Waals surface area contributed by atoms with Crippen molar-refractivity contribution in [1.29, 1.82) is 0 Å². The molecule has 0 heterocycles. The van der Waals surface area contributed by atoms with Crippen LogP contribution in [-0.4, -0.2) is 17.9 Å². The number of carbonyl (C=O) groups is 2. The monoisotopic (exact) mass is 556 g/mol. The number of aryl methyl sites for hydroxylation is 1. The van der Waals surface area contributed by atoms with Gasteiger partial charge in [0.05, 0.1) is 16.1 Å². The van der Waals surface area contributed by atoms with Crippen LogP contribution in [0, 0.1) is 11.3 Å². The van der Waals surface area contributed by atoms with E-state index in [1.165, 1.54) is 16.7 Å². The Morgan fingerprint density at radius 3 is 2.42 bits per heavy atom. The van der Waals surface area contributed by atoms with E-state index in [0.717, 1.165) is 37.7 Å². The quantitative estimate of drug-likeness (QED) is 0.311. The van der Waals surface area contributed by atoms with Crippen molar-refractivity contribution in [3.8, 4) is 0 Å². The summed E-state index contributed by atoms with van der Waals surface area (Å²) in [6, 6.07) is 23.3. The predicted molar refractivity (Wildman–Crippen MR) is 164 cm³/mol. The van der Waals surface area contributed by atoms with Gasteiger partial charge in [-0.05, 0) is 77.3 Å². The van der Waals surface area contributed by atoms with E-state index in [2.05, 4.69) is 56.5 Å². The maximum Gasteiger partial charge on any atom is 0.247 e. The van der Waals surface area contributed by atoms with Gasteiger partial charge in [0.2, 0.25) is 11.8 Å². The molecule has 210 valence electrons. The molecule has 0 spiro atoms. The molecule has 4 atom stereocenters. The lowest BCUT2D eigenvalue weighted by Crippen LogP contribution is -2.58. The molecule has 0 bridgehead atoms. The van der Waals surface area contributed by atoms with Crippen molar-refractivity contribution in [2.24, 2.45) is 11.3 Å². The molecule has 0 radical (unpaired) electrons. The average molecular weight is 557 g/mol. The minimum absolute atomic E-state index is 0.0269. The number of anilines is 1. The van der Waals surface area contributed by atoms with Crippen molar-refractivity contribution in [3.63, 3.8) is 0 Å². The number of hydrogen-bond acceptors (Lipinski definition) is 2. The van der Waals surface area contributed by atoms with E-state index < -0.39 is 11.5 Å². The summed E-state index contributed by atoms with van der Waals surface area (Å²) in [5.41, 5.74) is 5.13. The van der Waals surface area contributed by atoms with Gasteiger partial charge in [-0.2, -0.15) is 0 Å². The summed E-state index contributed by atoms with van der Waals surface area (Å²) in [5, 5.41) is 6.65. The van der Waals surface area contributed by atoms with Crippen LogP contribution in [0.2, 0.25) is 5.02 Å². The third kappa shape index (κ3) is 5.43. The first kappa shape index (κ1) is 28.4.